The molecule has 1 aromatic carbocycles. The van der Waals surface area contributed by atoms with Gasteiger partial charge in [0.2, 0.25) is 0 Å². The zero-order valence-electron chi connectivity index (χ0n) is 17.3. The Balaban J connectivity index is 0.00000231. The van der Waals surface area contributed by atoms with Crippen molar-refractivity contribution in [3.8, 4) is 0 Å². The third-order valence-corrected chi connectivity index (χ3v) is 6.76. The van der Waals surface area contributed by atoms with Gasteiger partial charge in [-0.3, -0.25) is 9.20 Å². The number of aromatic nitrogens is 2. The molecule has 5 rings (SSSR count). The topological polar surface area (TPSA) is 93.1 Å². The van der Waals surface area contributed by atoms with Crippen molar-refractivity contribution in [1.82, 2.24) is 9.38 Å². The number of ether oxygens (including phenoxy) is 1. The van der Waals surface area contributed by atoms with Crippen LogP contribution in [0.2, 0.25) is 0 Å². The fourth-order valence-corrected chi connectivity index (χ4v) is 5.13. The number of primary amides is 1. The van der Waals surface area contributed by atoms with Crippen molar-refractivity contribution in [3.05, 3.63) is 41.0 Å². The Morgan fingerprint density at radius 2 is 2.10 bits per heavy atom. The fourth-order valence-electron chi connectivity index (χ4n) is 5.13. The van der Waals surface area contributed by atoms with Gasteiger partial charge < -0.3 is 20.5 Å². The molecule has 1 amide bonds. The summed E-state index contributed by atoms with van der Waals surface area (Å²) in [6.07, 6.45) is 1.49. The van der Waals surface area contributed by atoms with E-state index in [-0.39, 0.29) is 25.6 Å². The highest BCUT2D eigenvalue weighted by Crippen LogP contribution is 2.40. The van der Waals surface area contributed by atoms with Crippen LogP contribution in [0.4, 0.5) is 10.2 Å². The Hall–Kier alpha value is -2.42. The number of alkyl halides is 1. The Labute approximate surface area is 185 Å². The quantitative estimate of drug-likeness (QED) is 0.639. The number of rotatable bonds is 4. The lowest BCUT2D eigenvalue weighted by Crippen LogP contribution is -2.57. The number of nitrogens with two attached hydrogens (primary N) is 1. The third-order valence-electron chi connectivity index (χ3n) is 6.76. The third kappa shape index (κ3) is 3.08. The number of methoxy groups -OCH3 is 1. The minimum Gasteiger partial charge on any atom is -0.393 e. The molecule has 0 spiro atoms. The van der Waals surface area contributed by atoms with E-state index in [1.54, 1.807) is 0 Å². The normalized spacial score (nSPS) is 23.2. The van der Waals surface area contributed by atoms with Crippen molar-refractivity contribution >= 4 is 40.8 Å². The van der Waals surface area contributed by atoms with Crippen LogP contribution in [-0.2, 0) is 17.6 Å². The second-order valence-corrected chi connectivity index (χ2v) is 8.22. The minimum absolute atomic E-state index is 0. The highest BCUT2D eigenvalue weighted by Gasteiger charge is 2.45. The first-order valence-corrected chi connectivity index (χ1v) is 10.3. The van der Waals surface area contributed by atoms with E-state index in [4.69, 9.17) is 15.5 Å². The summed E-state index contributed by atoms with van der Waals surface area (Å²) in [5.74, 6) is 0.391. The molecule has 3 aromatic rings. The van der Waals surface area contributed by atoms with E-state index >= 15 is 4.39 Å². The van der Waals surface area contributed by atoms with Gasteiger partial charge in [-0.1, -0.05) is 12.1 Å². The Morgan fingerprint density at radius 1 is 1.35 bits per heavy atom. The van der Waals surface area contributed by atoms with Gasteiger partial charge >= 0.3 is 0 Å². The van der Waals surface area contributed by atoms with Crippen molar-refractivity contribution < 1.29 is 19.0 Å². The maximum atomic E-state index is 15.2. The first-order valence-electron chi connectivity index (χ1n) is 10.3. The number of amides is 1. The molecule has 2 atom stereocenters. The number of benzene rings is 1. The molecular formula is C22H26ClFN4O3. The number of carbonyl (C=O) groups excluding carboxylic acids is 1. The fraction of sp³-hybridized carbons (Fsp3) is 0.455. The number of piperidine rings is 1. The van der Waals surface area contributed by atoms with E-state index in [1.165, 1.54) is 7.11 Å². The van der Waals surface area contributed by atoms with Gasteiger partial charge in [0.05, 0.1) is 29.7 Å². The summed E-state index contributed by atoms with van der Waals surface area (Å²) >= 11 is 0. The minimum atomic E-state index is -1.35. The Kier molecular flexibility index (Phi) is 5.57. The largest absolute Gasteiger partial charge is 0.393 e. The van der Waals surface area contributed by atoms with E-state index in [0.717, 1.165) is 47.2 Å². The predicted molar refractivity (Wildman–Crippen MR) is 119 cm³/mol. The first kappa shape index (κ1) is 21.8. The SMILES string of the molecule is CO[C@]1(CO)CCN(c2c3c(c(C(N)=O)c4nc5ccccc5n24)CCC3)C[C@H]1F.Cl. The van der Waals surface area contributed by atoms with E-state index in [2.05, 4.69) is 0 Å². The molecule has 31 heavy (non-hydrogen) atoms. The van der Waals surface area contributed by atoms with Gasteiger partial charge in [0.15, 0.2) is 5.65 Å². The van der Waals surface area contributed by atoms with E-state index in [1.807, 2.05) is 33.6 Å². The molecule has 1 aliphatic heterocycles. The molecule has 2 aromatic heterocycles. The van der Waals surface area contributed by atoms with E-state index in [0.29, 0.717) is 24.2 Å². The molecule has 0 unspecified atom stereocenters. The number of fused-ring (bicyclic) bond motifs is 4. The zero-order chi connectivity index (χ0) is 21.0. The molecule has 0 radical (unpaired) electrons. The lowest BCUT2D eigenvalue weighted by atomic mass is 9.89. The van der Waals surface area contributed by atoms with Crippen molar-refractivity contribution in [2.24, 2.45) is 5.73 Å². The molecule has 3 heterocycles. The number of carbonyl (C=O) groups is 1. The van der Waals surface area contributed by atoms with Crippen LogP contribution in [-0.4, -0.2) is 59.0 Å². The monoisotopic (exact) mass is 448 g/mol. The highest BCUT2D eigenvalue weighted by atomic mass is 35.5. The Bertz CT molecular complexity index is 1160. The highest BCUT2D eigenvalue weighted by molar-refractivity contribution is 6.03. The van der Waals surface area contributed by atoms with Crippen LogP contribution in [0.25, 0.3) is 16.7 Å². The summed E-state index contributed by atoms with van der Waals surface area (Å²) in [5.41, 5.74) is 9.21. The average molecular weight is 449 g/mol. The van der Waals surface area contributed by atoms with E-state index < -0.39 is 17.7 Å². The van der Waals surface area contributed by atoms with Crippen molar-refractivity contribution in [3.63, 3.8) is 0 Å². The number of aliphatic hydroxyl groups is 1. The van der Waals surface area contributed by atoms with Crippen LogP contribution in [0, 0.1) is 0 Å². The standard InChI is InChI=1S/C22H25FN4O3.ClH/c1-30-22(12-28)9-10-26(11-17(22)23)21-14-6-4-5-13(14)18(19(24)29)20-25-15-7-2-3-8-16(15)27(20)21;/h2-3,7-8,17,28H,4-6,9-12H2,1H3,(H2,24,29);1H/t17-,22+;/m1./s1. The molecule has 0 bridgehead atoms. The van der Waals surface area contributed by atoms with Gasteiger partial charge in [0.1, 0.15) is 17.6 Å². The van der Waals surface area contributed by atoms with Crippen molar-refractivity contribution in [1.29, 1.82) is 0 Å². The van der Waals surface area contributed by atoms with Crippen LogP contribution in [0.1, 0.15) is 34.3 Å². The smallest absolute Gasteiger partial charge is 0.252 e. The second-order valence-electron chi connectivity index (χ2n) is 8.22. The lowest BCUT2D eigenvalue weighted by molar-refractivity contribution is -0.112. The van der Waals surface area contributed by atoms with Gasteiger partial charge in [-0.25, -0.2) is 9.37 Å². The van der Waals surface area contributed by atoms with Crippen LogP contribution < -0.4 is 10.6 Å². The summed E-state index contributed by atoms with van der Waals surface area (Å²) in [6, 6.07) is 7.68. The second kappa shape index (κ2) is 7.93. The number of hydrogen-bond acceptors (Lipinski definition) is 5. The maximum absolute atomic E-state index is 15.2. The summed E-state index contributed by atoms with van der Waals surface area (Å²) in [7, 11) is 1.44. The van der Waals surface area contributed by atoms with Gasteiger partial charge in [0, 0.05) is 13.7 Å². The van der Waals surface area contributed by atoms with Gasteiger partial charge in [0.25, 0.3) is 5.91 Å². The van der Waals surface area contributed by atoms with E-state index in [9.17, 15) is 9.90 Å². The number of imidazole rings is 1. The number of para-hydroxylation sites is 2. The molecule has 1 fully saturated rings. The summed E-state index contributed by atoms with van der Waals surface area (Å²) < 4.78 is 22.6. The molecule has 9 heteroatoms. The summed E-state index contributed by atoms with van der Waals surface area (Å²) in [5, 5.41) is 9.75. The number of halogens is 2. The predicted octanol–water partition coefficient (Wildman–Crippen LogP) is 2.42. The Morgan fingerprint density at radius 3 is 2.77 bits per heavy atom. The van der Waals surface area contributed by atoms with Gasteiger partial charge in [-0.05, 0) is 48.9 Å². The number of pyridine rings is 1. The average Bonchev–Trinajstić information content (AvgIpc) is 3.36. The molecule has 0 saturated carbocycles. The van der Waals surface area contributed by atoms with Crippen LogP contribution in [0.15, 0.2) is 24.3 Å². The van der Waals surface area contributed by atoms with Gasteiger partial charge in [-0.15, -0.1) is 12.4 Å². The van der Waals surface area contributed by atoms with Crippen molar-refractivity contribution in [2.45, 2.75) is 37.5 Å². The van der Waals surface area contributed by atoms with Crippen molar-refractivity contribution in [2.75, 3.05) is 31.7 Å². The molecule has 1 saturated heterocycles. The molecule has 2 aliphatic rings. The summed E-state index contributed by atoms with van der Waals surface area (Å²) in [6.45, 7) is 0.262. The molecular weight excluding hydrogens is 423 g/mol. The molecule has 3 N–H and O–H groups in total. The molecule has 7 nitrogen and oxygen atoms in total. The van der Waals surface area contributed by atoms with Crippen LogP contribution in [0.5, 0.6) is 0 Å². The van der Waals surface area contributed by atoms with Gasteiger partial charge in [-0.2, -0.15) is 0 Å². The molecule has 166 valence electrons. The number of hydrogen-bond donors (Lipinski definition) is 2. The molecule has 1 aliphatic carbocycles. The maximum Gasteiger partial charge on any atom is 0.252 e. The van der Waals surface area contributed by atoms with Crippen LogP contribution >= 0.6 is 12.4 Å². The lowest BCUT2D eigenvalue weighted by Gasteiger charge is -2.43. The van der Waals surface area contributed by atoms with Crippen LogP contribution in [0.3, 0.4) is 0 Å². The number of nitrogens with zero attached hydrogens (tertiary/aromatic N) is 3. The zero-order valence-corrected chi connectivity index (χ0v) is 18.1. The number of anilines is 1. The number of aliphatic hydroxyl groups excluding tert-OH is 1. The first-order chi connectivity index (χ1) is 14.5. The summed E-state index contributed by atoms with van der Waals surface area (Å²) in [4.78, 5) is 19.1.